The molecule has 5 heteroatoms. The van der Waals surface area contributed by atoms with Gasteiger partial charge in [0.05, 0.1) is 5.69 Å². The Hall–Kier alpha value is -3.08. The van der Waals surface area contributed by atoms with E-state index in [0.29, 0.717) is 5.82 Å². The van der Waals surface area contributed by atoms with E-state index in [-0.39, 0.29) is 6.03 Å². The lowest BCUT2D eigenvalue weighted by atomic mass is 10.1. The van der Waals surface area contributed by atoms with Gasteiger partial charge in [0, 0.05) is 18.8 Å². The first kappa shape index (κ1) is 14.8. The number of amides is 2. The number of anilines is 2. The van der Waals surface area contributed by atoms with Crippen molar-refractivity contribution in [2.24, 2.45) is 7.05 Å². The monoisotopic (exact) mass is 306 g/mol. The van der Waals surface area contributed by atoms with Gasteiger partial charge < -0.3 is 5.32 Å². The summed E-state index contributed by atoms with van der Waals surface area (Å²) in [5.41, 5.74) is 3.83. The van der Waals surface area contributed by atoms with Crippen LogP contribution in [-0.2, 0) is 7.05 Å². The fraction of sp³-hybridized carbons (Fsp3) is 0.111. The van der Waals surface area contributed by atoms with Crippen molar-refractivity contribution in [1.82, 2.24) is 9.78 Å². The maximum atomic E-state index is 12.1. The minimum atomic E-state index is -0.312. The second kappa shape index (κ2) is 6.36. The number of nitrogens with one attached hydrogen (secondary N) is 2. The molecule has 0 atom stereocenters. The zero-order valence-corrected chi connectivity index (χ0v) is 13.1. The molecule has 1 heterocycles. The Kier molecular flexibility index (Phi) is 4.10. The first-order chi connectivity index (χ1) is 11.1. The molecule has 23 heavy (non-hydrogen) atoms. The topological polar surface area (TPSA) is 59.0 Å². The van der Waals surface area contributed by atoms with Crippen LogP contribution in [-0.4, -0.2) is 15.8 Å². The van der Waals surface area contributed by atoms with Crippen LogP contribution in [0.25, 0.3) is 11.3 Å². The van der Waals surface area contributed by atoms with E-state index in [4.69, 9.17) is 0 Å². The summed E-state index contributed by atoms with van der Waals surface area (Å²) in [4.78, 5) is 12.1. The molecule has 0 aliphatic carbocycles. The van der Waals surface area contributed by atoms with Gasteiger partial charge in [-0.25, -0.2) is 4.79 Å². The molecule has 0 saturated heterocycles. The Labute approximate surface area is 135 Å². The van der Waals surface area contributed by atoms with Crippen molar-refractivity contribution in [1.29, 1.82) is 0 Å². The lowest BCUT2D eigenvalue weighted by molar-refractivity contribution is 0.262. The van der Waals surface area contributed by atoms with Crippen LogP contribution in [0, 0.1) is 6.92 Å². The van der Waals surface area contributed by atoms with Crippen molar-refractivity contribution in [3.63, 3.8) is 0 Å². The van der Waals surface area contributed by atoms with Gasteiger partial charge in [-0.15, -0.1) is 0 Å². The number of urea groups is 1. The molecule has 0 aliphatic rings. The number of benzene rings is 2. The van der Waals surface area contributed by atoms with E-state index in [9.17, 15) is 4.79 Å². The largest absolute Gasteiger partial charge is 0.324 e. The van der Waals surface area contributed by atoms with Crippen LogP contribution >= 0.6 is 0 Å². The Balaban J connectivity index is 1.72. The maximum Gasteiger partial charge on any atom is 0.324 e. The van der Waals surface area contributed by atoms with Crippen molar-refractivity contribution in [3.05, 3.63) is 66.2 Å². The molecule has 0 saturated carbocycles. The Morgan fingerprint density at radius 1 is 1.00 bits per heavy atom. The number of hydrogen-bond acceptors (Lipinski definition) is 2. The third kappa shape index (κ3) is 3.58. The average Bonchev–Trinajstić information content (AvgIpc) is 2.88. The third-order valence-corrected chi connectivity index (χ3v) is 3.47. The molecule has 3 aromatic rings. The molecule has 2 amide bonds. The van der Waals surface area contributed by atoms with Gasteiger partial charge in [0.15, 0.2) is 5.82 Å². The SMILES string of the molecule is Cc1cccc(NC(=O)Nc2cc(-c3ccccc3)n(C)n2)c1. The Morgan fingerprint density at radius 3 is 2.52 bits per heavy atom. The lowest BCUT2D eigenvalue weighted by Gasteiger charge is -2.05. The standard InChI is InChI=1S/C18H18N4O/c1-13-7-6-10-15(11-13)19-18(23)20-17-12-16(22(2)21-17)14-8-4-3-5-9-14/h3-12H,1-2H3,(H2,19,20,21,23). The van der Waals surface area contributed by atoms with Gasteiger partial charge >= 0.3 is 6.03 Å². The van der Waals surface area contributed by atoms with Gasteiger partial charge in [0.1, 0.15) is 0 Å². The quantitative estimate of drug-likeness (QED) is 0.767. The highest BCUT2D eigenvalue weighted by Crippen LogP contribution is 2.21. The van der Waals surface area contributed by atoms with Crippen molar-refractivity contribution >= 4 is 17.5 Å². The molecule has 2 N–H and O–H groups in total. The van der Waals surface area contributed by atoms with E-state index in [2.05, 4.69) is 15.7 Å². The molecule has 0 spiro atoms. The third-order valence-electron chi connectivity index (χ3n) is 3.47. The van der Waals surface area contributed by atoms with Crippen molar-refractivity contribution in [2.45, 2.75) is 6.92 Å². The van der Waals surface area contributed by atoms with Crippen LogP contribution in [0.2, 0.25) is 0 Å². The summed E-state index contributed by atoms with van der Waals surface area (Å²) in [6.07, 6.45) is 0. The van der Waals surface area contributed by atoms with Crippen LogP contribution in [0.5, 0.6) is 0 Å². The van der Waals surface area contributed by atoms with Crippen molar-refractivity contribution in [3.8, 4) is 11.3 Å². The molecule has 2 aromatic carbocycles. The van der Waals surface area contributed by atoms with Gasteiger partial charge in [-0.1, -0.05) is 42.5 Å². The Morgan fingerprint density at radius 2 is 1.78 bits per heavy atom. The van der Waals surface area contributed by atoms with Gasteiger partial charge in [-0.05, 0) is 30.2 Å². The smallest absolute Gasteiger partial charge is 0.308 e. The summed E-state index contributed by atoms with van der Waals surface area (Å²) in [5, 5.41) is 9.89. The highest BCUT2D eigenvalue weighted by Gasteiger charge is 2.10. The highest BCUT2D eigenvalue weighted by molar-refractivity contribution is 5.99. The number of aryl methyl sites for hydroxylation is 2. The fourth-order valence-electron chi connectivity index (χ4n) is 2.41. The van der Waals surface area contributed by atoms with Gasteiger partial charge in [-0.3, -0.25) is 10.00 Å². The molecule has 0 fully saturated rings. The molecular weight excluding hydrogens is 288 g/mol. The number of aromatic nitrogens is 2. The van der Waals surface area contributed by atoms with E-state index in [1.807, 2.05) is 74.6 Å². The molecule has 116 valence electrons. The summed E-state index contributed by atoms with van der Waals surface area (Å²) < 4.78 is 1.75. The molecule has 3 rings (SSSR count). The number of nitrogens with zero attached hydrogens (tertiary/aromatic N) is 2. The molecule has 5 nitrogen and oxygen atoms in total. The number of rotatable bonds is 3. The average molecular weight is 306 g/mol. The highest BCUT2D eigenvalue weighted by atomic mass is 16.2. The lowest BCUT2D eigenvalue weighted by Crippen LogP contribution is -2.19. The fourth-order valence-corrected chi connectivity index (χ4v) is 2.41. The molecule has 0 radical (unpaired) electrons. The van der Waals surface area contributed by atoms with Crippen LogP contribution in [0.15, 0.2) is 60.7 Å². The molecule has 0 bridgehead atoms. The molecule has 0 unspecified atom stereocenters. The van der Waals surface area contributed by atoms with E-state index in [0.717, 1.165) is 22.5 Å². The number of carbonyl (C=O) groups is 1. The van der Waals surface area contributed by atoms with Crippen LogP contribution in [0.4, 0.5) is 16.3 Å². The summed E-state index contributed by atoms with van der Waals surface area (Å²) >= 11 is 0. The summed E-state index contributed by atoms with van der Waals surface area (Å²) in [7, 11) is 1.85. The first-order valence-electron chi connectivity index (χ1n) is 7.36. The summed E-state index contributed by atoms with van der Waals surface area (Å²) in [6.45, 7) is 1.98. The van der Waals surface area contributed by atoms with E-state index in [1.165, 1.54) is 0 Å². The normalized spacial score (nSPS) is 10.3. The second-order valence-corrected chi connectivity index (χ2v) is 5.35. The minimum absolute atomic E-state index is 0.312. The van der Waals surface area contributed by atoms with Crippen LogP contribution < -0.4 is 10.6 Å². The molecular formula is C18H18N4O. The van der Waals surface area contributed by atoms with Crippen LogP contribution in [0.3, 0.4) is 0 Å². The van der Waals surface area contributed by atoms with Crippen molar-refractivity contribution < 1.29 is 4.79 Å². The Bertz CT molecular complexity index is 824. The molecule has 1 aromatic heterocycles. The summed E-state index contributed by atoms with van der Waals surface area (Å²) in [6, 6.07) is 19.1. The van der Waals surface area contributed by atoms with E-state index < -0.39 is 0 Å². The zero-order valence-electron chi connectivity index (χ0n) is 13.1. The van der Waals surface area contributed by atoms with E-state index in [1.54, 1.807) is 4.68 Å². The van der Waals surface area contributed by atoms with Gasteiger partial charge in [0.25, 0.3) is 0 Å². The van der Waals surface area contributed by atoms with Crippen LogP contribution in [0.1, 0.15) is 5.56 Å². The molecule has 0 aliphatic heterocycles. The number of hydrogen-bond donors (Lipinski definition) is 2. The van der Waals surface area contributed by atoms with E-state index >= 15 is 0 Å². The summed E-state index contributed by atoms with van der Waals surface area (Å²) in [5.74, 6) is 0.511. The van der Waals surface area contributed by atoms with Gasteiger partial charge in [-0.2, -0.15) is 5.10 Å². The first-order valence-corrected chi connectivity index (χ1v) is 7.36. The predicted octanol–water partition coefficient (Wildman–Crippen LogP) is 4.04. The predicted molar refractivity (Wildman–Crippen MR) is 92.5 cm³/mol. The van der Waals surface area contributed by atoms with Gasteiger partial charge in [0.2, 0.25) is 0 Å². The maximum absolute atomic E-state index is 12.1. The second-order valence-electron chi connectivity index (χ2n) is 5.35. The minimum Gasteiger partial charge on any atom is -0.308 e. The van der Waals surface area contributed by atoms with Crippen molar-refractivity contribution in [2.75, 3.05) is 10.6 Å². The number of carbonyl (C=O) groups excluding carboxylic acids is 1. The zero-order chi connectivity index (χ0) is 16.2.